The molecule has 2 aromatic rings. The van der Waals surface area contributed by atoms with Crippen LogP contribution >= 0.6 is 22.9 Å². The molecular weight excluding hydrogens is 350 g/mol. The van der Waals surface area contributed by atoms with Crippen molar-refractivity contribution in [2.75, 3.05) is 7.05 Å². The van der Waals surface area contributed by atoms with Gasteiger partial charge in [0.2, 0.25) is 5.91 Å². The fourth-order valence-electron chi connectivity index (χ4n) is 2.14. The molecule has 3 rings (SSSR count). The van der Waals surface area contributed by atoms with Crippen LogP contribution in [0.5, 0.6) is 0 Å². The Hall–Kier alpha value is -2.25. The van der Waals surface area contributed by atoms with Gasteiger partial charge in [-0.25, -0.2) is 14.8 Å². The second kappa shape index (κ2) is 7.11. The minimum absolute atomic E-state index is 0.0691. The van der Waals surface area contributed by atoms with Crippen LogP contribution in [-0.4, -0.2) is 34.6 Å². The number of benzene rings is 1. The number of hydrogen-bond acceptors (Lipinski definition) is 6. The maximum Gasteiger partial charge on any atom is 0.354 e. The number of hydrogen-bond donors (Lipinski definition) is 0. The Balaban J connectivity index is 1.61. The molecule has 2 heterocycles. The number of thiazole rings is 1. The average molecular weight is 364 g/mol. The van der Waals surface area contributed by atoms with Crippen molar-refractivity contribution in [2.45, 2.75) is 19.4 Å². The molecule has 1 amide bonds. The van der Waals surface area contributed by atoms with Crippen LogP contribution in [0.25, 0.3) is 10.6 Å². The number of rotatable bonds is 4. The highest BCUT2D eigenvalue weighted by atomic mass is 35.5. The van der Waals surface area contributed by atoms with E-state index < -0.39 is 5.97 Å². The molecular formula is C16H14ClN3O3S. The number of ether oxygens (including phenoxy) is 1. The number of nitrogens with zero attached hydrogens (tertiary/aromatic N) is 3. The van der Waals surface area contributed by atoms with Crippen LogP contribution in [0, 0.1) is 0 Å². The Morgan fingerprint density at radius 2 is 2.08 bits per heavy atom. The van der Waals surface area contributed by atoms with Gasteiger partial charge in [-0.2, -0.15) is 5.10 Å². The van der Waals surface area contributed by atoms with Gasteiger partial charge in [-0.3, -0.25) is 4.79 Å². The number of amides is 1. The first-order valence-electron chi connectivity index (χ1n) is 7.24. The maximum atomic E-state index is 12.0. The molecule has 24 heavy (non-hydrogen) atoms. The number of carbonyl (C=O) groups excluding carboxylic acids is 2. The van der Waals surface area contributed by atoms with Gasteiger partial charge in [-0.15, -0.1) is 11.3 Å². The van der Waals surface area contributed by atoms with Crippen molar-refractivity contribution in [3.8, 4) is 10.6 Å². The molecule has 1 aliphatic rings. The summed E-state index contributed by atoms with van der Waals surface area (Å²) in [5.74, 6) is -0.631. The topological polar surface area (TPSA) is 71.9 Å². The molecule has 0 radical (unpaired) electrons. The summed E-state index contributed by atoms with van der Waals surface area (Å²) in [7, 11) is 1.52. The summed E-state index contributed by atoms with van der Waals surface area (Å²) in [6.07, 6.45) is 0.566. The normalized spacial score (nSPS) is 14.5. The van der Waals surface area contributed by atoms with E-state index in [1.165, 1.54) is 23.4 Å². The number of aromatic nitrogens is 1. The highest BCUT2D eigenvalue weighted by Gasteiger charge is 2.23. The van der Waals surface area contributed by atoms with Crippen molar-refractivity contribution in [1.82, 2.24) is 9.99 Å². The Bertz CT molecular complexity index is 801. The van der Waals surface area contributed by atoms with Gasteiger partial charge in [0, 0.05) is 35.9 Å². The van der Waals surface area contributed by atoms with Gasteiger partial charge in [0.1, 0.15) is 17.3 Å². The molecule has 1 aliphatic heterocycles. The van der Waals surface area contributed by atoms with E-state index in [9.17, 15) is 9.59 Å². The number of hydrazone groups is 1. The van der Waals surface area contributed by atoms with Crippen LogP contribution in [0.4, 0.5) is 0 Å². The lowest BCUT2D eigenvalue weighted by molar-refractivity contribution is -0.137. The summed E-state index contributed by atoms with van der Waals surface area (Å²) in [5.41, 5.74) is 1.88. The maximum absolute atomic E-state index is 12.0. The molecule has 0 saturated carbocycles. The van der Waals surface area contributed by atoms with Gasteiger partial charge in [-0.05, 0) is 12.1 Å². The average Bonchev–Trinajstić information content (AvgIpc) is 3.05. The van der Waals surface area contributed by atoms with E-state index in [1.54, 1.807) is 12.1 Å². The molecule has 1 aromatic carbocycles. The number of halogens is 1. The third kappa shape index (κ3) is 3.80. The fraction of sp³-hybridized carbons (Fsp3) is 0.250. The van der Waals surface area contributed by atoms with E-state index >= 15 is 0 Å². The van der Waals surface area contributed by atoms with Crippen LogP contribution in [0.1, 0.15) is 18.5 Å². The zero-order chi connectivity index (χ0) is 17.1. The second-order valence-corrected chi connectivity index (χ2v) is 6.49. The molecule has 0 atom stereocenters. The summed E-state index contributed by atoms with van der Waals surface area (Å²) in [6.45, 7) is 0.0691. The number of esters is 1. The van der Waals surface area contributed by atoms with Gasteiger partial charge in [0.25, 0.3) is 0 Å². The quantitative estimate of drug-likeness (QED) is 0.782. The minimum atomic E-state index is -0.518. The molecule has 0 spiro atoms. The van der Waals surface area contributed by atoms with Gasteiger partial charge >= 0.3 is 5.97 Å². The van der Waals surface area contributed by atoms with Crippen molar-refractivity contribution in [3.05, 3.63) is 40.4 Å². The zero-order valence-electron chi connectivity index (χ0n) is 12.9. The molecule has 124 valence electrons. The standard InChI is InChI=1S/C16H14ClN3O3S/c1-20-14(21)7-6-13(19-20)16(22)23-8-12-9-24-15(18-12)10-2-4-11(17)5-3-10/h2-5,9H,6-8H2,1H3. The lowest BCUT2D eigenvalue weighted by Gasteiger charge is -2.18. The Kier molecular flexibility index (Phi) is 4.92. The molecule has 0 fully saturated rings. The van der Waals surface area contributed by atoms with Gasteiger partial charge < -0.3 is 4.74 Å². The fourth-order valence-corrected chi connectivity index (χ4v) is 3.07. The van der Waals surface area contributed by atoms with Crippen LogP contribution in [-0.2, 0) is 20.9 Å². The molecule has 8 heteroatoms. The monoisotopic (exact) mass is 363 g/mol. The lowest BCUT2D eigenvalue weighted by atomic mass is 10.2. The Morgan fingerprint density at radius 1 is 1.33 bits per heavy atom. The second-order valence-electron chi connectivity index (χ2n) is 5.19. The predicted molar refractivity (Wildman–Crippen MR) is 91.8 cm³/mol. The molecule has 0 aliphatic carbocycles. The van der Waals surface area contributed by atoms with Crippen LogP contribution < -0.4 is 0 Å². The first kappa shape index (κ1) is 16.6. The van der Waals surface area contributed by atoms with Crippen molar-refractivity contribution >= 4 is 40.5 Å². The molecule has 6 nitrogen and oxygen atoms in total. The van der Waals surface area contributed by atoms with E-state index in [2.05, 4.69) is 10.1 Å². The first-order valence-corrected chi connectivity index (χ1v) is 8.50. The summed E-state index contributed by atoms with van der Waals surface area (Å²) in [4.78, 5) is 27.8. The van der Waals surface area contributed by atoms with Crippen molar-refractivity contribution in [3.63, 3.8) is 0 Å². The van der Waals surface area contributed by atoms with Crippen molar-refractivity contribution < 1.29 is 14.3 Å². The molecule has 0 saturated heterocycles. The molecule has 0 N–H and O–H groups in total. The van der Waals surface area contributed by atoms with E-state index in [-0.39, 0.29) is 24.6 Å². The van der Waals surface area contributed by atoms with Gasteiger partial charge in [0.15, 0.2) is 0 Å². The van der Waals surface area contributed by atoms with E-state index in [0.717, 1.165) is 10.6 Å². The predicted octanol–water partition coefficient (Wildman–Crippen LogP) is 3.11. The van der Waals surface area contributed by atoms with Crippen LogP contribution in [0.2, 0.25) is 5.02 Å². The van der Waals surface area contributed by atoms with E-state index in [1.807, 2.05) is 17.5 Å². The van der Waals surface area contributed by atoms with Gasteiger partial charge in [-0.1, -0.05) is 23.7 Å². The third-order valence-electron chi connectivity index (χ3n) is 3.44. The van der Waals surface area contributed by atoms with Crippen molar-refractivity contribution in [1.29, 1.82) is 0 Å². The molecule has 1 aromatic heterocycles. The largest absolute Gasteiger partial charge is 0.455 e. The smallest absolute Gasteiger partial charge is 0.354 e. The zero-order valence-corrected chi connectivity index (χ0v) is 14.4. The van der Waals surface area contributed by atoms with Crippen molar-refractivity contribution in [2.24, 2.45) is 5.10 Å². The first-order chi connectivity index (χ1) is 11.5. The molecule has 0 unspecified atom stereocenters. The summed E-state index contributed by atoms with van der Waals surface area (Å²) in [5, 5.41) is 8.44. The summed E-state index contributed by atoms with van der Waals surface area (Å²) in [6, 6.07) is 7.38. The van der Waals surface area contributed by atoms with Gasteiger partial charge in [0.05, 0.1) is 5.69 Å². The van der Waals surface area contributed by atoms with Crippen LogP contribution in [0.15, 0.2) is 34.7 Å². The third-order valence-corrected chi connectivity index (χ3v) is 4.63. The Labute approximate surface area is 147 Å². The highest BCUT2D eigenvalue weighted by Crippen LogP contribution is 2.25. The molecule has 0 bridgehead atoms. The minimum Gasteiger partial charge on any atom is -0.455 e. The SMILES string of the molecule is CN1N=C(C(=O)OCc2csc(-c3ccc(Cl)cc3)n2)CCC1=O. The summed E-state index contributed by atoms with van der Waals surface area (Å²) >= 11 is 7.34. The summed E-state index contributed by atoms with van der Waals surface area (Å²) < 4.78 is 5.23. The highest BCUT2D eigenvalue weighted by molar-refractivity contribution is 7.13. The van der Waals surface area contributed by atoms with E-state index in [4.69, 9.17) is 16.3 Å². The number of carbonyl (C=O) groups is 2. The Morgan fingerprint density at radius 3 is 2.79 bits per heavy atom. The van der Waals surface area contributed by atoms with Crippen LogP contribution in [0.3, 0.4) is 0 Å². The lowest BCUT2D eigenvalue weighted by Crippen LogP contribution is -2.32. The van der Waals surface area contributed by atoms with E-state index in [0.29, 0.717) is 17.1 Å².